The lowest BCUT2D eigenvalue weighted by Crippen LogP contribution is -2.10. The molecule has 0 aliphatic rings. The van der Waals surface area contributed by atoms with Gasteiger partial charge in [0.2, 0.25) is 0 Å². The summed E-state index contributed by atoms with van der Waals surface area (Å²) in [6, 6.07) is 13.7. The standard InChI is InChI=1S/C28H39NS/c1-8-9-27(23-10-12-26(13-11-23)28(5,6)7)30-19-20(2)16-25-18-21(3)24(14-15-29)17-22(25)4/h9-13,17-19H,8,14-16,29H2,1-7H3/b20-19+,27-9-. The second kappa shape index (κ2) is 11.0. The van der Waals surface area contributed by atoms with Crippen molar-refractivity contribution in [1.82, 2.24) is 0 Å². The van der Waals surface area contributed by atoms with Crippen molar-refractivity contribution in [2.24, 2.45) is 5.73 Å². The van der Waals surface area contributed by atoms with Gasteiger partial charge in [0.25, 0.3) is 0 Å². The fourth-order valence-electron chi connectivity index (χ4n) is 3.61. The van der Waals surface area contributed by atoms with E-state index in [1.165, 1.54) is 43.9 Å². The van der Waals surface area contributed by atoms with Gasteiger partial charge in [-0.2, -0.15) is 0 Å². The van der Waals surface area contributed by atoms with Crippen LogP contribution >= 0.6 is 11.8 Å². The topological polar surface area (TPSA) is 26.0 Å². The fourth-order valence-corrected chi connectivity index (χ4v) is 4.56. The van der Waals surface area contributed by atoms with Gasteiger partial charge in [-0.05, 0) is 90.8 Å². The van der Waals surface area contributed by atoms with E-state index < -0.39 is 0 Å². The molecule has 30 heavy (non-hydrogen) atoms. The molecule has 0 aromatic heterocycles. The van der Waals surface area contributed by atoms with Crippen LogP contribution in [0.1, 0.15) is 74.4 Å². The third-order valence-corrected chi connectivity index (χ3v) is 6.67. The first-order valence-corrected chi connectivity index (χ1v) is 12.0. The molecule has 0 saturated heterocycles. The molecule has 2 rings (SSSR count). The molecule has 162 valence electrons. The predicted molar refractivity (Wildman–Crippen MR) is 137 cm³/mol. The van der Waals surface area contributed by atoms with Crippen molar-refractivity contribution >= 4 is 16.7 Å². The number of nitrogens with two attached hydrogens (primary N) is 1. The molecule has 0 bridgehead atoms. The van der Waals surface area contributed by atoms with E-state index >= 15 is 0 Å². The van der Waals surface area contributed by atoms with Crippen molar-refractivity contribution < 1.29 is 0 Å². The maximum atomic E-state index is 5.75. The predicted octanol–water partition coefficient (Wildman–Crippen LogP) is 7.73. The van der Waals surface area contributed by atoms with E-state index in [1.54, 1.807) is 0 Å². The summed E-state index contributed by atoms with van der Waals surface area (Å²) in [5.41, 5.74) is 15.5. The highest BCUT2D eigenvalue weighted by Crippen LogP contribution is 2.32. The quantitative estimate of drug-likeness (QED) is 0.472. The van der Waals surface area contributed by atoms with Crippen LogP contribution in [-0.4, -0.2) is 6.54 Å². The largest absolute Gasteiger partial charge is 0.330 e. The average molecular weight is 422 g/mol. The summed E-state index contributed by atoms with van der Waals surface area (Å²) in [6.45, 7) is 16.4. The van der Waals surface area contributed by atoms with Crippen molar-refractivity contribution in [3.63, 3.8) is 0 Å². The van der Waals surface area contributed by atoms with Gasteiger partial charge in [-0.3, -0.25) is 0 Å². The maximum absolute atomic E-state index is 5.75. The minimum absolute atomic E-state index is 0.187. The summed E-state index contributed by atoms with van der Waals surface area (Å²) in [5, 5.41) is 2.32. The number of benzene rings is 2. The Kier molecular flexibility index (Phi) is 9.00. The highest BCUT2D eigenvalue weighted by Gasteiger charge is 2.13. The van der Waals surface area contributed by atoms with E-state index in [2.05, 4.69) is 96.3 Å². The van der Waals surface area contributed by atoms with E-state index in [4.69, 9.17) is 5.73 Å². The molecule has 0 radical (unpaired) electrons. The molecule has 0 aliphatic heterocycles. The number of allylic oxidation sites excluding steroid dienone is 2. The zero-order valence-corrected chi connectivity index (χ0v) is 20.7. The lowest BCUT2D eigenvalue weighted by molar-refractivity contribution is 0.590. The van der Waals surface area contributed by atoms with Crippen LogP contribution in [0.25, 0.3) is 4.91 Å². The Morgan fingerprint density at radius 1 is 1.00 bits per heavy atom. The van der Waals surface area contributed by atoms with E-state index in [-0.39, 0.29) is 5.41 Å². The summed E-state index contributed by atoms with van der Waals surface area (Å²) in [5.74, 6) is 0. The van der Waals surface area contributed by atoms with E-state index in [0.29, 0.717) is 6.54 Å². The van der Waals surface area contributed by atoms with Crippen LogP contribution in [0.5, 0.6) is 0 Å². The number of thioether (sulfide) groups is 1. The lowest BCUT2D eigenvalue weighted by Gasteiger charge is -2.19. The first kappa shape index (κ1) is 24.5. The minimum Gasteiger partial charge on any atom is -0.330 e. The molecule has 2 heteroatoms. The number of aryl methyl sites for hydroxylation is 2. The molecule has 1 nitrogen and oxygen atoms in total. The zero-order chi connectivity index (χ0) is 22.3. The first-order chi connectivity index (χ1) is 14.2. The molecule has 0 atom stereocenters. The minimum atomic E-state index is 0.187. The molecule has 0 saturated carbocycles. The summed E-state index contributed by atoms with van der Waals surface area (Å²) in [4.78, 5) is 1.34. The Morgan fingerprint density at radius 3 is 2.17 bits per heavy atom. The fraction of sp³-hybridized carbons (Fsp3) is 0.429. The molecule has 0 amide bonds. The van der Waals surface area contributed by atoms with Gasteiger partial charge in [0.05, 0.1) is 0 Å². The number of hydrogen-bond acceptors (Lipinski definition) is 2. The summed E-state index contributed by atoms with van der Waals surface area (Å²) in [6.07, 6.45) is 5.32. The van der Waals surface area contributed by atoms with Crippen molar-refractivity contribution in [2.45, 2.75) is 73.1 Å². The van der Waals surface area contributed by atoms with E-state index in [9.17, 15) is 0 Å². The smallest absolute Gasteiger partial charge is 0.0148 e. The van der Waals surface area contributed by atoms with Gasteiger partial charge in [-0.15, -0.1) is 0 Å². The Bertz CT molecular complexity index is 895. The van der Waals surface area contributed by atoms with Crippen LogP contribution in [-0.2, 0) is 18.3 Å². The summed E-state index contributed by atoms with van der Waals surface area (Å²) < 4.78 is 0. The third-order valence-electron chi connectivity index (χ3n) is 5.49. The molecule has 2 N–H and O–H groups in total. The third kappa shape index (κ3) is 6.89. The van der Waals surface area contributed by atoms with E-state index in [0.717, 1.165) is 19.3 Å². The zero-order valence-electron chi connectivity index (χ0n) is 19.9. The van der Waals surface area contributed by atoms with Crippen LogP contribution in [0.4, 0.5) is 0 Å². The Balaban J connectivity index is 2.15. The molecule has 2 aromatic rings. The highest BCUT2D eigenvalue weighted by atomic mass is 32.2. The molecular weight excluding hydrogens is 382 g/mol. The summed E-state index contributed by atoms with van der Waals surface area (Å²) in [7, 11) is 0. The number of rotatable bonds is 8. The molecule has 0 fully saturated rings. The molecule has 0 heterocycles. The van der Waals surface area contributed by atoms with Gasteiger partial charge >= 0.3 is 0 Å². The molecule has 2 aromatic carbocycles. The van der Waals surface area contributed by atoms with Crippen molar-refractivity contribution in [1.29, 1.82) is 0 Å². The van der Waals surface area contributed by atoms with E-state index in [1.807, 2.05) is 11.8 Å². The van der Waals surface area contributed by atoms with Crippen molar-refractivity contribution in [3.8, 4) is 0 Å². The second-order valence-electron chi connectivity index (χ2n) is 9.31. The first-order valence-electron chi connectivity index (χ1n) is 11.1. The van der Waals surface area contributed by atoms with Crippen LogP contribution in [0.2, 0.25) is 0 Å². The van der Waals surface area contributed by atoms with Gasteiger partial charge < -0.3 is 5.73 Å². The van der Waals surface area contributed by atoms with Crippen LogP contribution < -0.4 is 5.73 Å². The van der Waals surface area contributed by atoms with Crippen LogP contribution in [0, 0.1) is 13.8 Å². The molecule has 0 aliphatic carbocycles. The Labute approximate surface area is 188 Å². The molecular formula is C28H39NS. The lowest BCUT2D eigenvalue weighted by atomic mass is 9.87. The molecule has 0 spiro atoms. The average Bonchev–Trinajstić information content (AvgIpc) is 2.68. The SMILES string of the molecule is CC/C=C(\S/C=C(\C)Cc1cc(C)c(CCN)cc1C)c1ccc(C(C)(C)C)cc1. The summed E-state index contributed by atoms with van der Waals surface area (Å²) >= 11 is 1.84. The Morgan fingerprint density at radius 2 is 1.60 bits per heavy atom. The highest BCUT2D eigenvalue weighted by molar-refractivity contribution is 8.10. The van der Waals surface area contributed by atoms with Gasteiger partial charge in [0, 0.05) is 4.91 Å². The van der Waals surface area contributed by atoms with Crippen molar-refractivity contribution in [2.75, 3.05) is 6.54 Å². The van der Waals surface area contributed by atoms with Crippen molar-refractivity contribution in [3.05, 3.63) is 86.8 Å². The van der Waals surface area contributed by atoms with Gasteiger partial charge in [0.15, 0.2) is 0 Å². The second-order valence-corrected chi connectivity index (χ2v) is 10.2. The maximum Gasteiger partial charge on any atom is 0.0148 e. The van der Waals surface area contributed by atoms with Gasteiger partial charge in [-0.25, -0.2) is 0 Å². The monoisotopic (exact) mass is 421 g/mol. The normalized spacial score (nSPS) is 13.1. The van der Waals surface area contributed by atoms with Gasteiger partial charge in [0.1, 0.15) is 0 Å². The number of hydrogen-bond donors (Lipinski definition) is 1. The van der Waals surface area contributed by atoms with Crippen LogP contribution in [0.15, 0.2) is 53.5 Å². The molecule has 0 unspecified atom stereocenters. The van der Waals surface area contributed by atoms with Crippen LogP contribution in [0.3, 0.4) is 0 Å². The Hall–Kier alpha value is -1.77. The van der Waals surface area contributed by atoms with Gasteiger partial charge in [-0.1, -0.05) is 87.5 Å².